The fraction of sp³-hybridized carbons (Fsp3) is 0.462. The van der Waals surface area contributed by atoms with Crippen molar-refractivity contribution in [3.8, 4) is 5.75 Å². The Morgan fingerprint density at radius 2 is 1.92 bits per heavy atom. The minimum Gasteiger partial charge on any atom is -0.494 e. The van der Waals surface area contributed by atoms with Crippen molar-refractivity contribution in [1.29, 1.82) is 0 Å². The number of ether oxygens (including phenoxy) is 1. The number of nitrogens with two attached hydrogens (primary N) is 1. The van der Waals surface area contributed by atoms with Gasteiger partial charge in [0.2, 0.25) is 11.9 Å². The predicted molar refractivity (Wildman–Crippen MR) is 144 cm³/mol. The van der Waals surface area contributed by atoms with E-state index in [4.69, 9.17) is 20.4 Å². The van der Waals surface area contributed by atoms with Crippen LogP contribution in [0.25, 0.3) is 0 Å². The van der Waals surface area contributed by atoms with Crippen LogP contribution in [0, 0.1) is 6.92 Å². The van der Waals surface area contributed by atoms with E-state index >= 15 is 0 Å². The van der Waals surface area contributed by atoms with E-state index in [2.05, 4.69) is 56.2 Å². The molecule has 0 unspecified atom stereocenters. The predicted octanol–water partition coefficient (Wildman–Crippen LogP) is 3.48. The number of rotatable bonds is 8. The molecule has 5 rings (SSSR count). The van der Waals surface area contributed by atoms with E-state index in [0.29, 0.717) is 29.0 Å². The van der Waals surface area contributed by atoms with E-state index in [1.165, 1.54) is 18.4 Å². The highest BCUT2D eigenvalue weighted by atomic mass is 16.5. The summed E-state index contributed by atoms with van der Waals surface area (Å²) >= 11 is 0. The van der Waals surface area contributed by atoms with Crippen molar-refractivity contribution in [3.63, 3.8) is 0 Å². The Labute approximate surface area is 212 Å². The zero-order valence-corrected chi connectivity index (χ0v) is 21.7. The number of pyridine rings is 1. The molecule has 1 aromatic carbocycles. The van der Waals surface area contributed by atoms with E-state index in [1.807, 2.05) is 26.1 Å². The minimum absolute atomic E-state index is 0.105. The molecular weight excluding hydrogens is 454 g/mol. The van der Waals surface area contributed by atoms with Gasteiger partial charge >= 0.3 is 0 Å². The van der Waals surface area contributed by atoms with Crippen molar-refractivity contribution >= 4 is 34.6 Å². The van der Waals surface area contributed by atoms with E-state index < -0.39 is 0 Å². The van der Waals surface area contributed by atoms with Gasteiger partial charge in [0.05, 0.1) is 35.6 Å². The van der Waals surface area contributed by atoms with Crippen LogP contribution in [0.5, 0.6) is 5.75 Å². The third kappa shape index (κ3) is 4.37. The molecule has 1 saturated carbocycles. The van der Waals surface area contributed by atoms with Gasteiger partial charge in [0, 0.05) is 43.9 Å². The minimum atomic E-state index is 0.105. The monoisotopic (exact) mass is 489 g/mol. The topological polar surface area (TPSA) is 109 Å². The van der Waals surface area contributed by atoms with Gasteiger partial charge in [0.15, 0.2) is 0 Å². The Balaban J connectivity index is 1.41. The first-order valence-electron chi connectivity index (χ1n) is 12.3. The number of hydrogen-bond donors (Lipinski definition) is 2. The van der Waals surface area contributed by atoms with E-state index in [0.717, 1.165) is 49.5 Å². The molecule has 0 saturated heterocycles. The molecule has 0 radical (unpaired) electrons. The quantitative estimate of drug-likeness (QED) is 0.457. The molecule has 1 spiro atoms. The Bertz CT molecular complexity index is 1260. The van der Waals surface area contributed by atoms with Crippen molar-refractivity contribution < 1.29 is 4.74 Å². The SMILES string of the molecule is COc1cc(N(C)CCN(C)C)c(N)cc1Nc1ncnc(N2CC3(CCC3)c3nc(C)ccc32)n1. The molecule has 10 heteroatoms. The molecule has 3 aromatic rings. The lowest BCUT2D eigenvalue weighted by Crippen LogP contribution is -2.39. The molecule has 2 aromatic heterocycles. The fourth-order valence-corrected chi connectivity index (χ4v) is 5.05. The first-order valence-corrected chi connectivity index (χ1v) is 12.3. The summed E-state index contributed by atoms with van der Waals surface area (Å²) in [6.45, 7) is 4.65. The molecular formula is C26H35N9O. The second-order valence-electron chi connectivity index (χ2n) is 10.1. The van der Waals surface area contributed by atoms with Crippen LogP contribution >= 0.6 is 0 Å². The maximum absolute atomic E-state index is 6.43. The number of aromatic nitrogens is 4. The van der Waals surface area contributed by atoms with Crippen LogP contribution in [0.3, 0.4) is 0 Å². The Hall–Kier alpha value is -3.66. The van der Waals surface area contributed by atoms with Crippen LogP contribution in [0.15, 0.2) is 30.6 Å². The number of methoxy groups -OCH3 is 1. The normalized spacial score (nSPS) is 15.7. The Morgan fingerprint density at radius 3 is 2.61 bits per heavy atom. The summed E-state index contributed by atoms with van der Waals surface area (Å²) in [4.78, 5) is 25.0. The summed E-state index contributed by atoms with van der Waals surface area (Å²) in [5.41, 5.74) is 12.1. The summed E-state index contributed by atoms with van der Waals surface area (Å²) in [6.07, 6.45) is 5.06. The van der Waals surface area contributed by atoms with Crippen LogP contribution in [-0.2, 0) is 5.41 Å². The highest BCUT2D eigenvalue weighted by molar-refractivity contribution is 5.79. The van der Waals surface area contributed by atoms with Gasteiger partial charge in [-0.25, -0.2) is 9.97 Å². The largest absolute Gasteiger partial charge is 0.494 e. The molecule has 3 heterocycles. The molecule has 1 aliphatic carbocycles. The van der Waals surface area contributed by atoms with Crippen LogP contribution in [0.1, 0.15) is 30.7 Å². The summed E-state index contributed by atoms with van der Waals surface area (Å²) in [7, 11) is 7.78. The molecule has 0 bridgehead atoms. The molecule has 2 aliphatic rings. The lowest BCUT2D eigenvalue weighted by atomic mass is 9.67. The smallest absolute Gasteiger partial charge is 0.234 e. The third-order valence-electron chi connectivity index (χ3n) is 7.27. The number of likely N-dealkylation sites (N-methyl/N-ethyl adjacent to an activating group) is 2. The van der Waals surface area contributed by atoms with Crippen LogP contribution in [-0.4, -0.2) is 72.7 Å². The highest BCUT2D eigenvalue weighted by Gasteiger charge is 2.49. The van der Waals surface area contributed by atoms with Gasteiger partial charge in [-0.15, -0.1) is 0 Å². The summed E-state index contributed by atoms with van der Waals surface area (Å²) < 4.78 is 5.68. The van der Waals surface area contributed by atoms with Crippen molar-refractivity contribution in [3.05, 3.63) is 42.0 Å². The van der Waals surface area contributed by atoms with Crippen LogP contribution in [0.4, 0.5) is 34.6 Å². The molecule has 36 heavy (non-hydrogen) atoms. The number of nitrogens with one attached hydrogen (secondary N) is 1. The fourth-order valence-electron chi connectivity index (χ4n) is 5.05. The average molecular weight is 490 g/mol. The lowest BCUT2D eigenvalue weighted by Gasteiger charge is -2.38. The zero-order chi connectivity index (χ0) is 25.4. The molecule has 0 atom stereocenters. The number of hydrogen-bond acceptors (Lipinski definition) is 10. The molecule has 190 valence electrons. The summed E-state index contributed by atoms with van der Waals surface area (Å²) in [5.74, 6) is 1.70. The van der Waals surface area contributed by atoms with E-state index in [9.17, 15) is 0 Å². The first kappa shape index (κ1) is 24.1. The van der Waals surface area contributed by atoms with Gasteiger partial charge < -0.3 is 30.5 Å². The number of anilines is 6. The molecule has 0 amide bonds. The van der Waals surface area contributed by atoms with Crippen molar-refractivity contribution in [2.75, 3.05) is 68.7 Å². The lowest BCUT2D eigenvalue weighted by molar-refractivity contribution is 0.260. The first-order chi connectivity index (χ1) is 17.3. The van der Waals surface area contributed by atoms with Gasteiger partial charge in [0.25, 0.3) is 0 Å². The number of benzene rings is 1. The van der Waals surface area contributed by atoms with E-state index in [-0.39, 0.29) is 5.41 Å². The second kappa shape index (κ2) is 9.42. The highest BCUT2D eigenvalue weighted by Crippen LogP contribution is 2.53. The molecule has 1 fully saturated rings. The summed E-state index contributed by atoms with van der Waals surface area (Å²) in [6, 6.07) is 8.00. The maximum atomic E-state index is 6.43. The van der Waals surface area contributed by atoms with Crippen LogP contribution < -0.4 is 25.6 Å². The van der Waals surface area contributed by atoms with Gasteiger partial charge in [-0.05, 0) is 52.1 Å². The number of fused-ring (bicyclic) bond motifs is 2. The van der Waals surface area contributed by atoms with Gasteiger partial charge in [-0.2, -0.15) is 4.98 Å². The third-order valence-corrected chi connectivity index (χ3v) is 7.27. The standard InChI is InChI=1S/C26H35N9O/c1-17-7-8-20-23(30-17)26(9-6-10-26)15-35(20)25-29-16-28-24(32-25)31-19-13-18(27)21(14-22(19)36-5)34(4)12-11-33(2)3/h7-8,13-14,16H,6,9-12,15,27H2,1-5H3,(H,28,29,31,32). The molecule has 3 N–H and O–H groups in total. The molecule has 1 aliphatic heterocycles. The summed E-state index contributed by atoms with van der Waals surface area (Å²) in [5, 5.41) is 3.29. The number of nitrogen functional groups attached to an aromatic ring is 1. The Morgan fingerprint density at radius 1 is 1.11 bits per heavy atom. The van der Waals surface area contributed by atoms with Crippen molar-refractivity contribution in [2.45, 2.75) is 31.6 Å². The molecule has 10 nitrogen and oxygen atoms in total. The van der Waals surface area contributed by atoms with Gasteiger partial charge in [0.1, 0.15) is 12.1 Å². The van der Waals surface area contributed by atoms with E-state index in [1.54, 1.807) is 7.11 Å². The van der Waals surface area contributed by atoms with Crippen molar-refractivity contribution in [2.24, 2.45) is 0 Å². The van der Waals surface area contributed by atoms with Crippen molar-refractivity contribution in [1.82, 2.24) is 24.8 Å². The number of nitrogens with zero attached hydrogens (tertiary/aromatic N) is 7. The zero-order valence-electron chi connectivity index (χ0n) is 21.7. The van der Waals surface area contributed by atoms with Gasteiger partial charge in [-0.3, -0.25) is 4.98 Å². The van der Waals surface area contributed by atoms with Crippen LogP contribution in [0.2, 0.25) is 0 Å². The maximum Gasteiger partial charge on any atom is 0.234 e. The number of aryl methyl sites for hydroxylation is 1. The Kier molecular flexibility index (Phi) is 6.29. The van der Waals surface area contributed by atoms with Gasteiger partial charge in [-0.1, -0.05) is 6.42 Å². The second-order valence-corrected chi connectivity index (χ2v) is 10.1. The average Bonchev–Trinajstić information content (AvgIpc) is 3.18.